The third-order valence-electron chi connectivity index (χ3n) is 6.59. The van der Waals surface area contributed by atoms with E-state index in [1.165, 1.54) is 5.56 Å². The number of fused-ring (bicyclic) bond motifs is 1. The van der Waals surface area contributed by atoms with Crippen molar-refractivity contribution < 1.29 is 64.0 Å². The Morgan fingerprint density at radius 2 is 1.57 bits per heavy atom. The van der Waals surface area contributed by atoms with Gasteiger partial charge in [-0.25, -0.2) is 18.0 Å². The topological polar surface area (TPSA) is 147 Å². The first-order valence-electron chi connectivity index (χ1n) is 12.8. The molecule has 4 rings (SSSR count). The Kier molecular flexibility index (Phi) is 12.9. The zero-order valence-electron chi connectivity index (χ0n) is 23.3. The lowest BCUT2D eigenvalue weighted by Gasteiger charge is -2.45. The molecule has 0 saturated carbocycles. The van der Waals surface area contributed by atoms with Crippen LogP contribution in [0.4, 0.5) is 26.3 Å². The van der Waals surface area contributed by atoms with Crippen molar-refractivity contribution in [1.82, 2.24) is 14.2 Å². The highest BCUT2D eigenvalue weighted by Crippen LogP contribution is 2.39. The molecule has 0 amide bonds. The summed E-state index contributed by atoms with van der Waals surface area (Å²) in [5, 5.41) is 14.2. The van der Waals surface area contributed by atoms with Crippen molar-refractivity contribution in [2.75, 3.05) is 46.5 Å². The summed E-state index contributed by atoms with van der Waals surface area (Å²) < 4.78 is 103. The van der Waals surface area contributed by atoms with Crippen LogP contribution < -0.4 is 4.74 Å². The first-order chi connectivity index (χ1) is 20.4. The van der Waals surface area contributed by atoms with Gasteiger partial charge in [0.2, 0.25) is 10.0 Å². The van der Waals surface area contributed by atoms with Crippen molar-refractivity contribution in [2.45, 2.75) is 36.6 Å². The molecule has 0 unspecified atom stereocenters. The second-order valence-electron chi connectivity index (χ2n) is 9.81. The third kappa shape index (κ3) is 10.9. The maximum absolute atomic E-state index is 13.4. The molecule has 0 radical (unpaired) electrons. The number of carboxylic acids is 2. The number of benzene rings is 1. The summed E-state index contributed by atoms with van der Waals surface area (Å²) in [5.74, 6) is -5.07. The van der Waals surface area contributed by atoms with Gasteiger partial charge in [-0.3, -0.25) is 9.88 Å². The molecule has 1 spiro atoms. The molecule has 0 atom stereocenters. The summed E-state index contributed by atoms with van der Waals surface area (Å²) in [6.07, 6.45) is -4.71. The first-order valence-corrected chi connectivity index (χ1v) is 14.3. The van der Waals surface area contributed by atoms with Gasteiger partial charge in [0, 0.05) is 44.6 Å². The van der Waals surface area contributed by atoms with Crippen molar-refractivity contribution in [2.24, 2.45) is 5.41 Å². The summed E-state index contributed by atoms with van der Waals surface area (Å²) in [6.45, 7) is 4.34. The molecule has 2 aromatic rings. The molecule has 2 aliphatic rings. The molecule has 1 aromatic heterocycles. The fourth-order valence-electron chi connectivity index (χ4n) is 4.29. The number of piperidine rings is 1. The molecule has 2 N–H and O–H groups in total. The molecule has 0 bridgehead atoms. The average molecular weight is 660 g/mol. The van der Waals surface area contributed by atoms with E-state index in [0.29, 0.717) is 32.1 Å². The van der Waals surface area contributed by atoms with E-state index in [-0.39, 0.29) is 10.3 Å². The predicted octanol–water partition coefficient (Wildman–Crippen LogP) is 3.66. The van der Waals surface area contributed by atoms with Gasteiger partial charge in [-0.05, 0) is 49.7 Å². The predicted molar refractivity (Wildman–Crippen MR) is 141 cm³/mol. The number of likely N-dealkylation sites (tertiary alicyclic amines) is 1. The van der Waals surface area contributed by atoms with Crippen LogP contribution in [0.2, 0.25) is 0 Å². The number of halogens is 6. The van der Waals surface area contributed by atoms with E-state index < -0.39 is 34.3 Å². The number of pyridine rings is 1. The van der Waals surface area contributed by atoms with Gasteiger partial charge in [-0.2, -0.15) is 30.6 Å². The summed E-state index contributed by atoms with van der Waals surface area (Å²) in [4.78, 5) is 24.6. The quantitative estimate of drug-likeness (QED) is 0.456. The maximum Gasteiger partial charge on any atom is 0.490 e. The number of sulfonamides is 1. The van der Waals surface area contributed by atoms with Crippen LogP contribution in [0, 0.1) is 5.41 Å². The molecule has 1 aromatic carbocycles. The van der Waals surface area contributed by atoms with Crippen molar-refractivity contribution in [3.8, 4) is 5.75 Å². The number of methoxy groups -OCH3 is 1. The number of aromatic nitrogens is 1. The van der Waals surface area contributed by atoms with E-state index in [1.54, 1.807) is 35.8 Å². The lowest BCUT2D eigenvalue weighted by atomic mass is 9.78. The second-order valence-corrected chi connectivity index (χ2v) is 11.7. The van der Waals surface area contributed by atoms with Gasteiger partial charge in [-0.1, -0.05) is 18.2 Å². The second kappa shape index (κ2) is 15.5. The Morgan fingerprint density at radius 1 is 1.00 bits per heavy atom. The molecule has 3 heterocycles. The molecule has 1 fully saturated rings. The molecule has 11 nitrogen and oxygen atoms in total. The molecule has 246 valence electrons. The van der Waals surface area contributed by atoms with E-state index in [2.05, 4.69) is 16.0 Å². The summed E-state index contributed by atoms with van der Waals surface area (Å²) >= 11 is 0. The smallest absolute Gasteiger partial charge is 0.490 e. The zero-order chi connectivity index (χ0) is 33.2. The Labute approximate surface area is 249 Å². The zero-order valence-corrected chi connectivity index (χ0v) is 24.2. The Bertz CT molecular complexity index is 1310. The van der Waals surface area contributed by atoms with Crippen LogP contribution in [0.25, 0.3) is 0 Å². The van der Waals surface area contributed by atoms with Crippen molar-refractivity contribution in [3.05, 3.63) is 54.4 Å². The van der Waals surface area contributed by atoms with Crippen molar-refractivity contribution in [1.29, 1.82) is 0 Å². The van der Waals surface area contributed by atoms with Crippen LogP contribution in [0.5, 0.6) is 5.75 Å². The normalized spacial score (nSPS) is 18.2. The van der Waals surface area contributed by atoms with Gasteiger partial charge in [0.05, 0.1) is 13.2 Å². The number of alkyl halides is 6. The highest BCUT2D eigenvalue weighted by Gasteiger charge is 2.43. The number of carboxylic acid groups (broad SMARTS) is 2. The molecule has 1 saturated heterocycles. The monoisotopic (exact) mass is 659 g/mol. The fraction of sp³-hybridized carbons (Fsp3) is 0.500. The largest absolute Gasteiger partial charge is 0.492 e. The number of rotatable bonds is 5. The van der Waals surface area contributed by atoms with Crippen molar-refractivity contribution in [3.63, 3.8) is 0 Å². The van der Waals surface area contributed by atoms with Crippen LogP contribution in [0.3, 0.4) is 0 Å². The van der Waals surface area contributed by atoms with Crippen LogP contribution in [-0.2, 0) is 30.9 Å². The standard InChI is InChI=1S/C22H29N3O4S.2C2HF3O2/c1-28-14-13-25-17-22(18-29-20-6-2-3-7-21(20)30(25,26)27)8-11-24(12-9-22)16-19-5-4-10-23-15-19;2*3-2(4,5)1(6)7/h2-7,10,15H,8-9,11-14,16-18H2,1H3;2*(H,6,7). The lowest BCUT2D eigenvalue weighted by molar-refractivity contribution is -0.193. The first kappa shape index (κ1) is 36.7. The summed E-state index contributed by atoms with van der Waals surface area (Å²) in [6, 6.07) is 11.0. The van der Waals surface area contributed by atoms with Gasteiger partial charge < -0.3 is 19.7 Å². The Hall–Kier alpha value is -3.48. The Balaban J connectivity index is 0.000000402. The van der Waals surface area contributed by atoms with Gasteiger partial charge >= 0.3 is 24.3 Å². The SMILES string of the molecule is COCCN1CC2(CCN(Cc3cccnc3)CC2)COc2ccccc2S1(=O)=O.O=C(O)C(F)(F)F.O=C(O)C(F)(F)F. The fourth-order valence-corrected chi connectivity index (χ4v) is 5.96. The van der Waals surface area contributed by atoms with Gasteiger partial charge in [0.1, 0.15) is 10.6 Å². The van der Waals surface area contributed by atoms with E-state index in [9.17, 15) is 34.8 Å². The van der Waals surface area contributed by atoms with E-state index >= 15 is 0 Å². The number of nitrogens with zero attached hydrogens (tertiary/aromatic N) is 3. The number of hydrogen-bond donors (Lipinski definition) is 2. The molecule has 44 heavy (non-hydrogen) atoms. The van der Waals surface area contributed by atoms with E-state index in [1.807, 2.05) is 18.3 Å². The summed E-state index contributed by atoms with van der Waals surface area (Å²) in [5.41, 5.74) is 0.986. The minimum absolute atomic E-state index is 0.209. The number of aliphatic carboxylic acids is 2. The Morgan fingerprint density at radius 3 is 2.07 bits per heavy atom. The number of carbonyl (C=O) groups is 2. The van der Waals surface area contributed by atoms with Gasteiger partial charge in [-0.15, -0.1) is 0 Å². The summed E-state index contributed by atoms with van der Waals surface area (Å²) in [7, 11) is -2.05. The number of ether oxygens (including phenoxy) is 2. The number of para-hydroxylation sites is 1. The maximum atomic E-state index is 13.4. The minimum Gasteiger partial charge on any atom is -0.492 e. The van der Waals surface area contributed by atoms with Crippen LogP contribution >= 0.6 is 0 Å². The third-order valence-corrected chi connectivity index (χ3v) is 8.47. The highest BCUT2D eigenvalue weighted by molar-refractivity contribution is 7.89. The van der Waals surface area contributed by atoms with Crippen molar-refractivity contribution >= 4 is 22.0 Å². The number of hydrogen-bond acceptors (Lipinski definition) is 8. The average Bonchev–Trinajstić information content (AvgIpc) is 2.95. The van der Waals surface area contributed by atoms with Crippen LogP contribution in [-0.4, -0.2) is 104 Å². The van der Waals surface area contributed by atoms with Gasteiger partial charge in [0.15, 0.2) is 0 Å². The van der Waals surface area contributed by atoms with E-state index in [4.69, 9.17) is 29.3 Å². The van der Waals surface area contributed by atoms with Gasteiger partial charge in [0.25, 0.3) is 0 Å². The van der Waals surface area contributed by atoms with Crippen LogP contribution in [0.15, 0.2) is 53.7 Å². The molecule has 2 aliphatic heterocycles. The highest BCUT2D eigenvalue weighted by atomic mass is 32.2. The molecule has 0 aliphatic carbocycles. The van der Waals surface area contributed by atoms with E-state index in [0.717, 1.165) is 32.5 Å². The van der Waals surface area contributed by atoms with Crippen LogP contribution in [0.1, 0.15) is 18.4 Å². The molecular formula is C26H31F6N3O8S. The molecular weight excluding hydrogens is 628 g/mol. The lowest BCUT2D eigenvalue weighted by Crippen LogP contribution is -2.51. The minimum atomic E-state index is -5.08. The molecule has 18 heteroatoms.